The van der Waals surface area contributed by atoms with Crippen LogP contribution in [0.15, 0.2) is 21.7 Å². The molecule has 1 amide bonds. The minimum atomic E-state index is -1.31. The topological polar surface area (TPSA) is 114 Å². The molecule has 1 aromatic carbocycles. The van der Waals surface area contributed by atoms with E-state index < -0.39 is 41.1 Å². The average Bonchev–Trinajstić information content (AvgIpc) is 2.67. The van der Waals surface area contributed by atoms with Crippen LogP contribution in [0, 0.1) is 10.6 Å². The minimum absolute atomic E-state index is 0.0623. The second kappa shape index (κ2) is 8.57. The minimum Gasteiger partial charge on any atom is -0.477 e. The van der Waals surface area contributed by atoms with Crippen molar-refractivity contribution < 1.29 is 23.5 Å². The predicted molar refractivity (Wildman–Crippen MR) is 103 cm³/mol. The van der Waals surface area contributed by atoms with E-state index in [-0.39, 0.29) is 15.5 Å². The molecule has 1 heterocycles. The Kier molecular flexibility index (Phi) is 6.59. The number of halogens is 2. The number of esters is 1. The molecule has 10 nitrogen and oxygen atoms in total. The summed E-state index contributed by atoms with van der Waals surface area (Å²) >= 11 is 10.9. The van der Waals surface area contributed by atoms with Gasteiger partial charge in [0.15, 0.2) is 10.9 Å². The maximum Gasteiger partial charge on any atom is 0.414 e. The molecule has 2 rings (SSSR count). The number of rotatable bonds is 4. The van der Waals surface area contributed by atoms with Crippen molar-refractivity contribution in [1.82, 2.24) is 19.0 Å². The van der Waals surface area contributed by atoms with Crippen molar-refractivity contribution in [3.63, 3.8) is 0 Å². The van der Waals surface area contributed by atoms with Crippen molar-refractivity contribution in [3.8, 4) is 11.4 Å². The molecule has 1 atom stereocenters. The summed E-state index contributed by atoms with van der Waals surface area (Å²) in [6.45, 7) is 1.27. The first-order valence-electron chi connectivity index (χ1n) is 7.98. The summed E-state index contributed by atoms with van der Waals surface area (Å²) in [7, 11) is 3.90. The zero-order valence-electron chi connectivity index (χ0n) is 15.7. The Balaban J connectivity index is 2.56. The lowest BCUT2D eigenvalue weighted by molar-refractivity contribution is -0.144. The van der Waals surface area contributed by atoms with Crippen molar-refractivity contribution in [1.29, 1.82) is 0 Å². The van der Waals surface area contributed by atoms with Crippen molar-refractivity contribution >= 4 is 35.9 Å². The lowest BCUT2D eigenvalue weighted by Crippen LogP contribution is -2.43. The van der Waals surface area contributed by atoms with Crippen LogP contribution in [0.1, 0.15) is 6.92 Å². The largest absolute Gasteiger partial charge is 0.477 e. The van der Waals surface area contributed by atoms with E-state index in [9.17, 15) is 23.6 Å². The summed E-state index contributed by atoms with van der Waals surface area (Å²) in [6, 6.07) is 1.80. The van der Waals surface area contributed by atoms with Gasteiger partial charge >= 0.3 is 23.4 Å². The van der Waals surface area contributed by atoms with Crippen LogP contribution in [-0.2, 0) is 23.6 Å². The van der Waals surface area contributed by atoms with E-state index in [1.165, 1.54) is 28.1 Å². The molecule has 0 aliphatic heterocycles. The third-order valence-electron chi connectivity index (χ3n) is 3.81. The molecule has 1 aromatic heterocycles. The molecular weight excluding hydrogens is 431 g/mol. The number of hydrogen-bond acceptors (Lipinski definition) is 7. The van der Waals surface area contributed by atoms with Gasteiger partial charge < -0.3 is 14.8 Å². The fraction of sp³-hybridized carbons (Fsp3) is 0.312. The fourth-order valence-corrected chi connectivity index (χ4v) is 2.57. The van der Waals surface area contributed by atoms with E-state index in [2.05, 4.69) is 10.1 Å². The fourth-order valence-electron chi connectivity index (χ4n) is 2.22. The molecule has 1 unspecified atom stereocenters. The van der Waals surface area contributed by atoms with E-state index in [1.807, 2.05) is 0 Å². The van der Waals surface area contributed by atoms with Gasteiger partial charge in [0.05, 0.1) is 10.7 Å². The molecule has 0 aliphatic rings. The van der Waals surface area contributed by atoms with E-state index in [1.54, 1.807) is 0 Å². The zero-order chi connectivity index (χ0) is 22.0. The van der Waals surface area contributed by atoms with Crippen molar-refractivity contribution in [2.75, 3.05) is 7.05 Å². The first kappa shape index (κ1) is 22.3. The van der Waals surface area contributed by atoms with Crippen LogP contribution in [-0.4, -0.2) is 38.9 Å². The number of carbonyl (C=O) groups is 2. The lowest BCUT2D eigenvalue weighted by atomic mass is 10.2. The Morgan fingerprint density at radius 1 is 1.21 bits per heavy atom. The van der Waals surface area contributed by atoms with Crippen LogP contribution >= 0.6 is 23.8 Å². The summed E-state index contributed by atoms with van der Waals surface area (Å²) in [4.78, 5) is 47.9. The van der Waals surface area contributed by atoms with Gasteiger partial charge in [-0.3, -0.25) is 9.13 Å². The van der Waals surface area contributed by atoms with Gasteiger partial charge in [-0.1, -0.05) is 11.6 Å². The van der Waals surface area contributed by atoms with Gasteiger partial charge in [-0.15, -0.1) is 0 Å². The summed E-state index contributed by atoms with van der Waals surface area (Å²) in [5.41, 5.74) is -2.25. The molecule has 13 heteroatoms. The first-order chi connectivity index (χ1) is 13.5. The number of benzene rings is 1. The van der Waals surface area contributed by atoms with Gasteiger partial charge in [0.25, 0.3) is 0 Å². The smallest absolute Gasteiger partial charge is 0.414 e. The lowest BCUT2D eigenvalue weighted by Gasteiger charge is -2.16. The number of aromatic nitrogens is 3. The van der Waals surface area contributed by atoms with Crippen LogP contribution in [0.4, 0.5) is 9.18 Å². The molecule has 0 saturated carbocycles. The Morgan fingerprint density at radius 2 is 1.76 bits per heavy atom. The molecule has 29 heavy (non-hydrogen) atoms. The second-order valence-electron chi connectivity index (χ2n) is 5.75. The maximum atomic E-state index is 14.5. The van der Waals surface area contributed by atoms with Gasteiger partial charge in [-0.25, -0.2) is 28.1 Å². The third-order valence-corrected chi connectivity index (χ3v) is 4.65. The summed E-state index contributed by atoms with van der Waals surface area (Å²) in [5, 5.41) is 1.86. The standard InChI is InChI=1S/C16H16ClFN4O6S/c1-7(12(23)28-13(24)19-2)27-11-6-10(9(18)5-8(11)17)22-14(25)20(3)16(29)21(4)15(22)26/h5-7H,1-4H3,(H,19,24). The van der Waals surface area contributed by atoms with Crippen LogP contribution in [0.2, 0.25) is 5.02 Å². The van der Waals surface area contributed by atoms with Gasteiger partial charge in [0.2, 0.25) is 0 Å². The van der Waals surface area contributed by atoms with Gasteiger partial charge in [-0.2, -0.15) is 0 Å². The van der Waals surface area contributed by atoms with Crippen molar-refractivity contribution in [3.05, 3.63) is 48.7 Å². The first-order valence-corrected chi connectivity index (χ1v) is 8.76. The van der Waals surface area contributed by atoms with Gasteiger partial charge in [0, 0.05) is 27.2 Å². The monoisotopic (exact) mass is 446 g/mol. The van der Waals surface area contributed by atoms with Gasteiger partial charge in [0.1, 0.15) is 11.6 Å². The van der Waals surface area contributed by atoms with Crippen molar-refractivity contribution in [2.45, 2.75) is 13.0 Å². The molecule has 1 N–H and O–H groups in total. The number of nitrogens with one attached hydrogen (secondary N) is 1. The molecule has 0 aliphatic carbocycles. The van der Waals surface area contributed by atoms with Crippen LogP contribution in [0.5, 0.6) is 5.75 Å². The normalized spacial score (nSPS) is 11.7. The average molecular weight is 447 g/mol. The molecule has 0 radical (unpaired) electrons. The van der Waals surface area contributed by atoms with E-state index in [4.69, 9.17) is 28.6 Å². The molecule has 0 fully saturated rings. The highest BCUT2D eigenvalue weighted by Gasteiger charge is 2.23. The maximum absolute atomic E-state index is 14.5. The Bertz CT molecular complexity index is 1130. The Morgan fingerprint density at radius 3 is 2.28 bits per heavy atom. The van der Waals surface area contributed by atoms with Gasteiger partial charge in [-0.05, 0) is 25.2 Å². The van der Waals surface area contributed by atoms with Crippen LogP contribution in [0.25, 0.3) is 5.69 Å². The number of nitrogens with zero attached hydrogens (tertiary/aromatic N) is 3. The molecular formula is C16H16ClFN4O6S. The van der Waals surface area contributed by atoms with Crippen LogP contribution in [0.3, 0.4) is 0 Å². The summed E-state index contributed by atoms with van der Waals surface area (Å²) < 4.78 is 26.7. The number of amides is 1. The summed E-state index contributed by atoms with van der Waals surface area (Å²) in [5.74, 6) is -2.25. The number of ether oxygens (including phenoxy) is 2. The molecule has 156 valence electrons. The second-order valence-corrected chi connectivity index (χ2v) is 6.53. The van der Waals surface area contributed by atoms with E-state index in [0.29, 0.717) is 4.57 Å². The summed E-state index contributed by atoms with van der Waals surface area (Å²) in [6.07, 6.45) is -2.31. The number of hydrogen-bond donors (Lipinski definition) is 1. The van der Waals surface area contributed by atoms with Crippen molar-refractivity contribution in [2.24, 2.45) is 14.1 Å². The number of alkyl carbamates (subject to hydrolysis) is 1. The quantitative estimate of drug-likeness (QED) is 0.424. The number of carbonyl (C=O) groups excluding carboxylic acids is 2. The van der Waals surface area contributed by atoms with E-state index >= 15 is 0 Å². The highest BCUT2D eigenvalue weighted by Crippen LogP contribution is 2.29. The highest BCUT2D eigenvalue weighted by molar-refractivity contribution is 7.71. The predicted octanol–water partition coefficient (Wildman–Crippen LogP) is 1.05. The highest BCUT2D eigenvalue weighted by atomic mass is 35.5. The Labute approximate surface area is 173 Å². The molecule has 2 aromatic rings. The van der Waals surface area contributed by atoms with E-state index in [0.717, 1.165) is 21.3 Å². The Hall–Kier alpha value is -2.99. The third kappa shape index (κ3) is 4.38. The SMILES string of the molecule is CNC(=O)OC(=O)C(C)Oc1cc(-n2c(=O)n(C)c(=S)n(C)c2=O)c(F)cc1Cl. The van der Waals surface area contributed by atoms with Crippen LogP contribution < -0.4 is 21.4 Å². The molecule has 0 saturated heterocycles. The molecule has 0 bridgehead atoms. The zero-order valence-corrected chi connectivity index (χ0v) is 17.3. The molecule has 0 spiro atoms.